The monoisotopic (exact) mass is 1160 g/mol. The fourth-order valence-corrected chi connectivity index (χ4v) is 9.49. The van der Waals surface area contributed by atoms with Gasteiger partial charge in [0.1, 0.15) is 19.3 Å². The van der Waals surface area contributed by atoms with E-state index in [0.29, 0.717) is 30.3 Å². The van der Waals surface area contributed by atoms with Gasteiger partial charge in [0.2, 0.25) is 5.91 Å². The normalized spacial score (nSPS) is 14.5. The van der Waals surface area contributed by atoms with Gasteiger partial charge in [0.25, 0.3) is 0 Å². The molecule has 468 valence electrons. The predicted octanol–water partition coefficient (Wildman–Crippen LogP) is 20.8. The van der Waals surface area contributed by atoms with Crippen molar-refractivity contribution < 1.29 is 37.3 Å². The van der Waals surface area contributed by atoms with Crippen molar-refractivity contribution in [3.05, 3.63) is 134 Å². The number of nitrogens with zero attached hydrogens (tertiary/aromatic N) is 1. The number of hydrogen-bond donors (Lipinski definition) is 2. The van der Waals surface area contributed by atoms with Gasteiger partial charge < -0.3 is 19.4 Å². The van der Waals surface area contributed by atoms with E-state index in [-0.39, 0.29) is 31.5 Å². The van der Waals surface area contributed by atoms with E-state index >= 15 is 0 Å². The van der Waals surface area contributed by atoms with Crippen LogP contribution in [0, 0.1) is 0 Å². The minimum absolute atomic E-state index is 0.0239. The minimum atomic E-state index is -4.47. The quantitative estimate of drug-likeness (QED) is 0.0205. The maximum Gasteiger partial charge on any atom is 0.472 e. The third kappa shape index (κ3) is 60.7. The number of esters is 1. The van der Waals surface area contributed by atoms with Gasteiger partial charge in [-0.2, -0.15) is 0 Å². The Kier molecular flexibility index (Phi) is 57.4. The molecule has 0 aliphatic rings. The first-order chi connectivity index (χ1) is 39.9. The number of allylic oxidation sites excluding steroid dienone is 21. The lowest BCUT2D eigenvalue weighted by Gasteiger charge is -2.27. The number of rotatable bonds is 58. The van der Waals surface area contributed by atoms with E-state index in [9.17, 15) is 19.0 Å². The Balaban J connectivity index is 5.30. The lowest BCUT2D eigenvalue weighted by atomic mass is 10.0. The van der Waals surface area contributed by atoms with Gasteiger partial charge in [-0.1, -0.05) is 251 Å². The molecule has 3 atom stereocenters. The summed E-state index contributed by atoms with van der Waals surface area (Å²) in [5.74, 6) is -0.563. The van der Waals surface area contributed by atoms with Crippen molar-refractivity contribution in [2.75, 3.05) is 40.9 Å². The van der Waals surface area contributed by atoms with E-state index in [0.717, 1.165) is 135 Å². The van der Waals surface area contributed by atoms with Gasteiger partial charge in [-0.15, -0.1) is 0 Å². The van der Waals surface area contributed by atoms with Crippen molar-refractivity contribution in [3.63, 3.8) is 0 Å². The van der Waals surface area contributed by atoms with E-state index in [1.807, 2.05) is 33.3 Å². The molecule has 0 aliphatic heterocycles. The summed E-state index contributed by atoms with van der Waals surface area (Å²) in [7, 11) is 1.45. The Labute approximate surface area is 505 Å². The number of likely N-dealkylation sites (N-methyl/N-ethyl adjacent to an activating group) is 1. The molecular weight excluding hydrogens is 1040 g/mol. The highest BCUT2D eigenvalue weighted by molar-refractivity contribution is 7.47. The average molecular weight is 1160 g/mol. The fraction of sp³-hybridized carbons (Fsp3) is 0.667. The topological polar surface area (TPSA) is 111 Å². The maximum atomic E-state index is 13.6. The van der Waals surface area contributed by atoms with Gasteiger partial charge in [-0.3, -0.25) is 18.6 Å². The van der Waals surface area contributed by atoms with Gasteiger partial charge >= 0.3 is 13.8 Å². The highest BCUT2D eigenvalue weighted by atomic mass is 31.2. The highest BCUT2D eigenvalue weighted by Crippen LogP contribution is 2.43. The summed E-state index contributed by atoms with van der Waals surface area (Å²) in [6.45, 7) is 6.82. The summed E-state index contributed by atoms with van der Waals surface area (Å²) >= 11 is 0. The lowest BCUT2D eigenvalue weighted by molar-refractivity contribution is -0.870. The summed E-state index contributed by atoms with van der Waals surface area (Å²) < 4.78 is 30.7. The molecule has 0 aromatic carbocycles. The summed E-state index contributed by atoms with van der Waals surface area (Å²) in [4.78, 5) is 37.8. The van der Waals surface area contributed by atoms with Crippen LogP contribution in [0.4, 0.5) is 0 Å². The second-order valence-electron chi connectivity index (χ2n) is 22.9. The largest absolute Gasteiger partial charge is 0.472 e. The Bertz CT molecular complexity index is 1860. The average Bonchev–Trinajstić information content (AvgIpc) is 3.47. The first-order valence-electron chi connectivity index (χ1n) is 33.0. The zero-order chi connectivity index (χ0) is 60.0. The molecule has 0 aromatic heterocycles. The number of hydrogen-bond acceptors (Lipinski definition) is 6. The predicted molar refractivity (Wildman–Crippen MR) is 355 cm³/mol. The van der Waals surface area contributed by atoms with Crippen LogP contribution in [0.25, 0.3) is 0 Å². The van der Waals surface area contributed by atoms with Crippen LogP contribution in [0.15, 0.2) is 134 Å². The first kappa shape index (κ1) is 78.1. The lowest BCUT2D eigenvalue weighted by Crippen LogP contribution is -2.47. The Morgan fingerprint density at radius 3 is 1.20 bits per heavy atom. The van der Waals surface area contributed by atoms with E-state index in [1.165, 1.54) is 77.0 Å². The number of quaternary nitrogens is 1. The van der Waals surface area contributed by atoms with Crippen molar-refractivity contribution in [1.29, 1.82) is 0 Å². The zero-order valence-electron chi connectivity index (χ0n) is 53.4. The molecular formula is C72H124N2O7P+. The van der Waals surface area contributed by atoms with Crippen LogP contribution in [0.3, 0.4) is 0 Å². The molecule has 0 saturated carbocycles. The number of carbonyl (C=O) groups is 2. The van der Waals surface area contributed by atoms with E-state index < -0.39 is 20.0 Å². The number of amides is 1. The van der Waals surface area contributed by atoms with Crippen molar-refractivity contribution in [3.8, 4) is 0 Å². The van der Waals surface area contributed by atoms with E-state index in [1.54, 1.807) is 0 Å². The molecule has 3 unspecified atom stereocenters. The number of nitrogens with one attached hydrogen (secondary N) is 1. The molecule has 10 heteroatoms. The molecule has 0 aliphatic carbocycles. The van der Waals surface area contributed by atoms with Crippen LogP contribution in [0.1, 0.15) is 258 Å². The minimum Gasteiger partial charge on any atom is -0.456 e. The standard InChI is InChI=1S/C72H123N2O7P/c1-7-10-13-16-19-22-25-28-30-32-34-36-37-39-40-42-44-46-49-52-55-58-61-64-71(75)73-69(68-80-82(77,78)79-67-66-74(4,5)6)70(63-60-57-54-51-48-27-24-21-18-15-12-9-3)81-72(76)65-62-59-56-53-50-47-45-43-41-38-35-33-31-29-26-23-20-17-14-11-8-2/h10,13,19-20,22-23,28-31,34-36,38-40,43-46,60,63,69-70H,7-9,11-12,14-18,21,24-27,32-33,37,41-42,47-59,61-62,64-68H2,1-6H3,(H-,73,75,77,78)/p+1/b13-10-,22-19-,23-20-,30-28-,31-29-,36-34-,38-35-,40-39-,45-43-,46-44-,63-60+. The third-order valence-corrected chi connectivity index (χ3v) is 14.8. The summed E-state index contributed by atoms with van der Waals surface area (Å²) in [6.07, 6.45) is 85.9. The second kappa shape index (κ2) is 60.3. The molecule has 0 heterocycles. The van der Waals surface area contributed by atoms with E-state index in [2.05, 4.69) is 148 Å². The van der Waals surface area contributed by atoms with Crippen molar-refractivity contribution in [1.82, 2.24) is 5.32 Å². The summed E-state index contributed by atoms with van der Waals surface area (Å²) in [5, 5.41) is 3.04. The molecule has 82 heavy (non-hydrogen) atoms. The molecule has 1 amide bonds. The van der Waals surface area contributed by atoms with Crippen molar-refractivity contribution >= 4 is 19.7 Å². The molecule has 0 spiro atoms. The maximum absolute atomic E-state index is 13.6. The van der Waals surface area contributed by atoms with E-state index in [4.69, 9.17) is 13.8 Å². The first-order valence-corrected chi connectivity index (χ1v) is 34.5. The number of phosphoric acid groups is 1. The summed E-state index contributed by atoms with van der Waals surface area (Å²) in [6, 6.07) is -0.881. The smallest absolute Gasteiger partial charge is 0.456 e. The van der Waals surface area contributed by atoms with Crippen LogP contribution >= 0.6 is 7.82 Å². The molecule has 0 rings (SSSR count). The molecule has 2 N–H and O–H groups in total. The van der Waals surface area contributed by atoms with Crippen molar-refractivity contribution in [2.45, 2.75) is 270 Å². The zero-order valence-corrected chi connectivity index (χ0v) is 54.3. The van der Waals surface area contributed by atoms with Gasteiger partial charge in [0.05, 0.1) is 33.8 Å². The molecule has 0 fully saturated rings. The SMILES string of the molecule is CC/C=C\C/C=C\C/C=C\C/C=C\C/C=C\C/C=C\CCCCCCC(=O)NC(COP(=O)(O)OCC[N+](C)(C)C)C(/C=C/CCCCCCCCCCCC)OC(=O)CCCCCCC/C=C\C/C=C\C/C=C\C/C=C\CCCCC. The Morgan fingerprint density at radius 1 is 0.439 bits per heavy atom. The Hall–Kier alpha value is -3.85. The van der Waals surface area contributed by atoms with Crippen molar-refractivity contribution in [2.24, 2.45) is 0 Å². The van der Waals surface area contributed by atoms with Crippen LogP contribution in [0.2, 0.25) is 0 Å². The van der Waals surface area contributed by atoms with Gasteiger partial charge in [-0.05, 0) is 128 Å². The van der Waals surface area contributed by atoms with Gasteiger partial charge in [0, 0.05) is 12.8 Å². The van der Waals surface area contributed by atoms with Gasteiger partial charge in [0.15, 0.2) is 0 Å². The van der Waals surface area contributed by atoms with Crippen LogP contribution < -0.4 is 5.32 Å². The number of carbonyl (C=O) groups excluding carboxylic acids is 2. The van der Waals surface area contributed by atoms with Gasteiger partial charge in [-0.25, -0.2) is 4.57 Å². The molecule has 9 nitrogen and oxygen atoms in total. The number of phosphoric ester groups is 1. The molecule has 0 bridgehead atoms. The van der Waals surface area contributed by atoms with Crippen LogP contribution in [0.5, 0.6) is 0 Å². The molecule has 0 saturated heterocycles. The Morgan fingerprint density at radius 2 is 0.780 bits per heavy atom. The van der Waals surface area contributed by atoms with Crippen LogP contribution in [-0.4, -0.2) is 74.3 Å². The third-order valence-electron chi connectivity index (χ3n) is 13.8. The second-order valence-corrected chi connectivity index (χ2v) is 24.4. The molecule has 0 aromatic rings. The van der Waals surface area contributed by atoms with Crippen LogP contribution in [-0.2, 0) is 27.9 Å². The summed E-state index contributed by atoms with van der Waals surface area (Å²) in [5.41, 5.74) is 0. The number of unbranched alkanes of at least 4 members (excludes halogenated alkanes) is 22. The molecule has 0 radical (unpaired) electrons. The number of ether oxygens (including phenoxy) is 1. The fourth-order valence-electron chi connectivity index (χ4n) is 8.75. The highest BCUT2D eigenvalue weighted by Gasteiger charge is 2.30.